The summed E-state index contributed by atoms with van der Waals surface area (Å²) in [6.45, 7) is 0. The Morgan fingerprint density at radius 2 is 1.67 bits per heavy atom. The average molecular weight is 248 g/mol. The first-order valence-electron chi connectivity index (χ1n) is 6.57. The predicted octanol–water partition coefficient (Wildman–Crippen LogP) is 3.37. The van der Waals surface area contributed by atoms with E-state index >= 15 is 0 Å². The summed E-state index contributed by atoms with van der Waals surface area (Å²) in [5, 5.41) is 9.66. The van der Waals surface area contributed by atoms with Gasteiger partial charge < -0.3 is 9.84 Å². The molecule has 0 radical (unpaired) electrons. The summed E-state index contributed by atoms with van der Waals surface area (Å²) >= 11 is 0. The molecule has 0 atom stereocenters. The van der Waals surface area contributed by atoms with E-state index in [1.165, 1.54) is 0 Å². The number of methoxy groups -OCH3 is 1. The first-order chi connectivity index (χ1) is 8.69. The first-order valence-corrected chi connectivity index (χ1v) is 6.57. The van der Waals surface area contributed by atoms with Crippen molar-refractivity contribution >= 4 is 5.97 Å². The third kappa shape index (κ3) is 2.35. The molecule has 1 N–H and O–H groups in total. The van der Waals surface area contributed by atoms with Crippen LogP contribution in [0, 0.1) is 0 Å². The van der Waals surface area contributed by atoms with Gasteiger partial charge in [-0.25, -0.2) is 0 Å². The van der Waals surface area contributed by atoms with Crippen LogP contribution < -0.4 is 4.74 Å². The number of aliphatic carboxylic acids is 1. The zero-order valence-corrected chi connectivity index (χ0v) is 10.8. The Labute approximate surface area is 108 Å². The van der Waals surface area contributed by atoms with Gasteiger partial charge >= 0.3 is 5.97 Å². The number of carboxylic acid groups (broad SMARTS) is 1. The minimum Gasteiger partial charge on any atom is -0.497 e. The molecule has 18 heavy (non-hydrogen) atoms. The highest BCUT2D eigenvalue weighted by atomic mass is 16.5. The van der Waals surface area contributed by atoms with E-state index in [9.17, 15) is 9.90 Å². The topological polar surface area (TPSA) is 46.5 Å². The molecule has 0 amide bonds. The van der Waals surface area contributed by atoms with Gasteiger partial charge in [0.15, 0.2) is 0 Å². The van der Waals surface area contributed by atoms with Gasteiger partial charge in [0.1, 0.15) is 5.75 Å². The molecule has 1 aromatic carbocycles. The second kappa shape index (κ2) is 5.42. The number of hydrogen-bond acceptors (Lipinski definition) is 2. The minimum atomic E-state index is -0.692. The Morgan fingerprint density at radius 1 is 1.11 bits per heavy atom. The molecule has 3 nitrogen and oxygen atoms in total. The molecular weight excluding hydrogens is 228 g/mol. The first kappa shape index (κ1) is 12.9. The van der Waals surface area contributed by atoms with Crippen LogP contribution in [0.1, 0.15) is 44.1 Å². The molecule has 98 valence electrons. The van der Waals surface area contributed by atoms with Crippen molar-refractivity contribution in [1.82, 2.24) is 0 Å². The molecule has 3 heteroatoms. The van der Waals surface area contributed by atoms with Crippen LogP contribution in [0.2, 0.25) is 0 Å². The second-order valence-corrected chi connectivity index (χ2v) is 5.03. The highest BCUT2D eigenvalue weighted by molar-refractivity contribution is 5.81. The summed E-state index contributed by atoms with van der Waals surface area (Å²) in [6, 6.07) is 7.51. The SMILES string of the molecule is COc1ccc(C2(C(=O)O)CCCCCC2)cc1. The lowest BCUT2D eigenvalue weighted by molar-refractivity contribution is -0.144. The van der Waals surface area contributed by atoms with Crippen molar-refractivity contribution in [2.45, 2.75) is 43.9 Å². The molecule has 0 heterocycles. The zero-order valence-electron chi connectivity index (χ0n) is 10.8. The predicted molar refractivity (Wildman–Crippen MR) is 70.0 cm³/mol. The van der Waals surface area contributed by atoms with Gasteiger partial charge in [0.2, 0.25) is 0 Å². The summed E-state index contributed by atoms with van der Waals surface area (Å²) in [5.41, 5.74) is 0.223. The van der Waals surface area contributed by atoms with Gasteiger partial charge in [-0.2, -0.15) is 0 Å². The normalized spacial score (nSPS) is 18.9. The van der Waals surface area contributed by atoms with Crippen molar-refractivity contribution in [1.29, 1.82) is 0 Å². The number of ether oxygens (including phenoxy) is 1. The Bertz CT molecular complexity index is 400. The maximum Gasteiger partial charge on any atom is 0.314 e. The largest absolute Gasteiger partial charge is 0.497 e. The van der Waals surface area contributed by atoms with E-state index in [-0.39, 0.29) is 0 Å². The van der Waals surface area contributed by atoms with Gasteiger partial charge in [-0.15, -0.1) is 0 Å². The smallest absolute Gasteiger partial charge is 0.314 e. The fraction of sp³-hybridized carbons (Fsp3) is 0.533. The minimum absolute atomic E-state index is 0.686. The second-order valence-electron chi connectivity index (χ2n) is 5.03. The molecule has 0 saturated heterocycles. The van der Waals surface area contributed by atoms with E-state index in [1.54, 1.807) is 7.11 Å². The van der Waals surface area contributed by atoms with Crippen molar-refractivity contribution in [2.24, 2.45) is 0 Å². The van der Waals surface area contributed by atoms with Crippen LogP contribution in [0.25, 0.3) is 0 Å². The maximum atomic E-state index is 11.8. The summed E-state index contributed by atoms with van der Waals surface area (Å²) in [7, 11) is 1.62. The standard InChI is InChI=1S/C15H20O3/c1-18-13-8-6-12(7-9-13)15(14(16)17)10-4-2-3-5-11-15/h6-9H,2-5,10-11H2,1H3,(H,16,17). The van der Waals surface area contributed by atoms with E-state index in [1.807, 2.05) is 24.3 Å². The molecule has 1 saturated carbocycles. The summed E-state index contributed by atoms with van der Waals surface area (Å²) < 4.78 is 5.13. The van der Waals surface area contributed by atoms with Gasteiger partial charge in [0, 0.05) is 0 Å². The summed E-state index contributed by atoms with van der Waals surface area (Å²) in [6.07, 6.45) is 5.77. The molecule has 0 unspecified atom stereocenters. The Morgan fingerprint density at radius 3 is 2.11 bits per heavy atom. The van der Waals surface area contributed by atoms with E-state index in [4.69, 9.17) is 4.74 Å². The molecule has 1 aliphatic rings. The fourth-order valence-corrected chi connectivity index (χ4v) is 2.87. The fourth-order valence-electron chi connectivity index (χ4n) is 2.87. The Kier molecular flexibility index (Phi) is 3.90. The highest BCUT2D eigenvalue weighted by Gasteiger charge is 2.40. The average Bonchev–Trinajstić information content (AvgIpc) is 2.65. The molecular formula is C15H20O3. The van der Waals surface area contributed by atoms with Crippen LogP contribution in [0.15, 0.2) is 24.3 Å². The van der Waals surface area contributed by atoms with Crippen LogP contribution in [-0.2, 0) is 10.2 Å². The Hall–Kier alpha value is -1.51. The maximum absolute atomic E-state index is 11.8. The van der Waals surface area contributed by atoms with Crippen LogP contribution in [0.3, 0.4) is 0 Å². The quantitative estimate of drug-likeness (QED) is 0.834. The number of hydrogen-bond donors (Lipinski definition) is 1. The van der Waals surface area contributed by atoms with Crippen molar-refractivity contribution in [3.63, 3.8) is 0 Å². The van der Waals surface area contributed by atoms with E-state index < -0.39 is 11.4 Å². The Balaban J connectivity index is 2.35. The van der Waals surface area contributed by atoms with Crippen LogP contribution in [-0.4, -0.2) is 18.2 Å². The van der Waals surface area contributed by atoms with Crippen LogP contribution >= 0.6 is 0 Å². The van der Waals surface area contributed by atoms with Crippen LogP contribution in [0.5, 0.6) is 5.75 Å². The lowest BCUT2D eigenvalue weighted by Crippen LogP contribution is -2.35. The third-order valence-electron chi connectivity index (χ3n) is 4.01. The monoisotopic (exact) mass is 248 g/mol. The van der Waals surface area contributed by atoms with Crippen molar-refractivity contribution < 1.29 is 14.6 Å². The number of carbonyl (C=O) groups is 1. The van der Waals surface area contributed by atoms with Gasteiger partial charge in [0.05, 0.1) is 12.5 Å². The number of rotatable bonds is 3. The molecule has 1 aromatic rings. The van der Waals surface area contributed by atoms with Gasteiger partial charge in [-0.05, 0) is 30.5 Å². The van der Waals surface area contributed by atoms with E-state index in [2.05, 4.69) is 0 Å². The van der Waals surface area contributed by atoms with E-state index in [0.29, 0.717) is 0 Å². The molecule has 0 spiro atoms. The summed E-state index contributed by atoms with van der Waals surface area (Å²) in [4.78, 5) is 11.8. The van der Waals surface area contributed by atoms with Crippen LogP contribution in [0.4, 0.5) is 0 Å². The molecule has 0 aromatic heterocycles. The third-order valence-corrected chi connectivity index (χ3v) is 4.01. The molecule has 0 aliphatic heterocycles. The van der Waals surface area contributed by atoms with Crippen molar-refractivity contribution in [2.75, 3.05) is 7.11 Å². The zero-order chi connectivity index (χ0) is 13.0. The van der Waals surface area contributed by atoms with Gasteiger partial charge in [-0.3, -0.25) is 4.79 Å². The lowest BCUT2D eigenvalue weighted by atomic mass is 9.74. The summed E-state index contributed by atoms with van der Waals surface area (Å²) in [5.74, 6) is 0.0856. The molecule has 1 aliphatic carbocycles. The highest BCUT2D eigenvalue weighted by Crippen LogP contribution is 2.39. The number of benzene rings is 1. The lowest BCUT2D eigenvalue weighted by Gasteiger charge is -2.28. The van der Waals surface area contributed by atoms with Crippen molar-refractivity contribution in [3.05, 3.63) is 29.8 Å². The molecule has 0 bridgehead atoms. The van der Waals surface area contributed by atoms with Crippen molar-refractivity contribution in [3.8, 4) is 5.75 Å². The van der Waals surface area contributed by atoms with Gasteiger partial charge in [0.25, 0.3) is 0 Å². The molecule has 2 rings (SSSR count). The number of carboxylic acids is 1. The van der Waals surface area contributed by atoms with E-state index in [0.717, 1.165) is 49.8 Å². The van der Waals surface area contributed by atoms with Gasteiger partial charge in [-0.1, -0.05) is 37.8 Å². The molecule has 1 fully saturated rings.